The van der Waals surface area contributed by atoms with Crippen molar-refractivity contribution in [2.24, 2.45) is 0 Å². The van der Waals surface area contributed by atoms with E-state index in [1.165, 1.54) is 6.26 Å². The standard InChI is InChI=1S/C13H15N3O2S/c1-19(17,18)11-5-2-9(3-6-11)16-10-4-7-12(14)13(15)8-10/h2-8,16H,14-15H2,1H3. The molecular formula is C13H15N3O2S. The van der Waals surface area contributed by atoms with E-state index in [-0.39, 0.29) is 4.90 Å². The molecule has 0 aliphatic heterocycles. The van der Waals surface area contributed by atoms with E-state index in [1.807, 2.05) is 0 Å². The molecule has 19 heavy (non-hydrogen) atoms. The molecule has 0 saturated heterocycles. The topological polar surface area (TPSA) is 98.2 Å². The second-order valence-electron chi connectivity index (χ2n) is 4.27. The Hall–Kier alpha value is -2.21. The zero-order valence-electron chi connectivity index (χ0n) is 10.4. The molecule has 5 nitrogen and oxygen atoms in total. The minimum atomic E-state index is -3.17. The fourth-order valence-corrected chi connectivity index (χ4v) is 2.24. The molecule has 2 rings (SSSR count). The number of anilines is 4. The summed E-state index contributed by atoms with van der Waals surface area (Å²) in [4.78, 5) is 0.287. The number of nitrogens with one attached hydrogen (secondary N) is 1. The summed E-state index contributed by atoms with van der Waals surface area (Å²) < 4.78 is 22.7. The van der Waals surface area contributed by atoms with Gasteiger partial charge in [-0.25, -0.2) is 8.42 Å². The number of rotatable bonds is 3. The summed E-state index contributed by atoms with van der Waals surface area (Å²) in [5.74, 6) is 0. The molecule has 0 amide bonds. The maximum atomic E-state index is 11.3. The van der Waals surface area contributed by atoms with Gasteiger partial charge in [0.25, 0.3) is 0 Å². The lowest BCUT2D eigenvalue weighted by molar-refractivity contribution is 0.602. The van der Waals surface area contributed by atoms with Crippen LogP contribution in [0.1, 0.15) is 0 Å². The van der Waals surface area contributed by atoms with Crippen molar-refractivity contribution in [1.29, 1.82) is 0 Å². The first-order valence-corrected chi connectivity index (χ1v) is 7.47. The molecule has 5 N–H and O–H groups in total. The van der Waals surface area contributed by atoms with E-state index in [4.69, 9.17) is 11.5 Å². The first kappa shape index (κ1) is 13.2. The van der Waals surface area contributed by atoms with Gasteiger partial charge < -0.3 is 16.8 Å². The molecule has 6 heteroatoms. The lowest BCUT2D eigenvalue weighted by Crippen LogP contribution is -1.98. The highest BCUT2D eigenvalue weighted by molar-refractivity contribution is 7.90. The van der Waals surface area contributed by atoms with Crippen molar-refractivity contribution >= 4 is 32.6 Å². The highest BCUT2D eigenvalue weighted by atomic mass is 32.2. The summed E-state index contributed by atoms with van der Waals surface area (Å²) in [6, 6.07) is 11.7. The van der Waals surface area contributed by atoms with Gasteiger partial charge in [-0.3, -0.25) is 0 Å². The average molecular weight is 277 g/mol. The van der Waals surface area contributed by atoms with Crippen molar-refractivity contribution in [3.63, 3.8) is 0 Å². The summed E-state index contributed by atoms with van der Waals surface area (Å²) in [6.07, 6.45) is 1.18. The largest absolute Gasteiger partial charge is 0.397 e. The maximum absolute atomic E-state index is 11.3. The van der Waals surface area contributed by atoms with Crippen LogP contribution < -0.4 is 16.8 Å². The number of hydrogen-bond acceptors (Lipinski definition) is 5. The van der Waals surface area contributed by atoms with Crippen LogP contribution >= 0.6 is 0 Å². The second-order valence-corrected chi connectivity index (χ2v) is 6.28. The van der Waals surface area contributed by atoms with Gasteiger partial charge in [-0.1, -0.05) is 0 Å². The molecule has 0 unspecified atom stereocenters. The van der Waals surface area contributed by atoms with E-state index in [0.29, 0.717) is 11.4 Å². The first-order valence-electron chi connectivity index (χ1n) is 5.58. The highest BCUT2D eigenvalue weighted by Gasteiger charge is 2.06. The van der Waals surface area contributed by atoms with Crippen molar-refractivity contribution in [2.45, 2.75) is 4.90 Å². The van der Waals surface area contributed by atoms with Crippen molar-refractivity contribution in [2.75, 3.05) is 23.0 Å². The first-order chi connectivity index (χ1) is 8.86. The third-order valence-electron chi connectivity index (χ3n) is 2.66. The lowest BCUT2D eigenvalue weighted by Gasteiger charge is -2.09. The molecule has 0 atom stereocenters. The Morgan fingerprint density at radius 3 is 2.00 bits per heavy atom. The van der Waals surface area contributed by atoms with Crippen LogP contribution in [0.4, 0.5) is 22.7 Å². The Bertz CT molecular complexity index is 694. The summed E-state index contributed by atoms with van der Waals surface area (Å²) in [5, 5.41) is 3.12. The fraction of sp³-hybridized carbons (Fsp3) is 0.0769. The summed E-state index contributed by atoms with van der Waals surface area (Å²) >= 11 is 0. The van der Waals surface area contributed by atoms with Crippen LogP contribution in [-0.4, -0.2) is 14.7 Å². The molecule has 0 aromatic heterocycles. The Morgan fingerprint density at radius 1 is 0.895 bits per heavy atom. The predicted octanol–water partition coefficient (Wildman–Crippen LogP) is 2.00. The third kappa shape index (κ3) is 3.17. The molecule has 0 fully saturated rings. The van der Waals surface area contributed by atoms with Crippen LogP contribution in [0.2, 0.25) is 0 Å². The van der Waals surface area contributed by atoms with Crippen molar-refractivity contribution in [1.82, 2.24) is 0 Å². The minimum absolute atomic E-state index is 0.287. The zero-order valence-corrected chi connectivity index (χ0v) is 11.2. The maximum Gasteiger partial charge on any atom is 0.175 e. The van der Waals surface area contributed by atoms with Gasteiger partial charge in [-0.15, -0.1) is 0 Å². The van der Waals surface area contributed by atoms with E-state index < -0.39 is 9.84 Å². The fourth-order valence-electron chi connectivity index (χ4n) is 1.60. The zero-order chi connectivity index (χ0) is 14.0. The number of benzene rings is 2. The van der Waals surface area contributed by atoms with Gasteiger partial charge in [-0.05, 0) is 42.5 Å². The molecule has 0 saturated carbocycles. The second kappa shape index (κ2) is 4.81. The van der Waals surface area contributed by atoms with Crippen LogP contribution in [0.15, 0.2) is 47.4 Å². The predicted molar refractivity (Wildman–Crippen MR) is 78.1 cm³/mol. The molecular weight excluding hydrogens is 262 g/mol. The molecule has 0 heterocycles. The molecule has 0 spiro atoms. The van der Waals surface area contributed by atoms with Gasteiger partial charge in [0.15, 0.2) is 9.84 Å². The van der Waals surface area contributed by atoms with Crippen LogP contribution in [0, 0.1) is 0 Å². The van der Waals surface area contributed by atoms with Crippen molar-refractivity contribution in [3.05, 3.63) is 42.5 Å². The third-order valence-corrected chi connectivity index (χ3v) is 3.79. The van der Waals surface area contributed by atoms with Gasteiger partial charge >= 0.3 is 0 Å². The molecule has 2 aromatic carbocycles. The monoisotopic (exact) mass is 277 g/mol. The lowest BCUT2D eigenvalue weighted by atomic mass is 10.2. The van der Waals surface area contributed by atoms with Gasteiger partial charge in [0.05, 0.1) is 16.3 Å². The normalized spacial score (nSPS) is 11.2. The summed E-state index contributed by atoms with van der Waals surface area (Å²) in [6.45, 7) is 0. The van der Waals surface area contributed by atoms with Gasteiger partial charge in [0.2, 0.25) is 0 Å². The Labute approximate surface area is 112 Å². The van der Waals surface area contributed by atoms with Crippen molar-refractivity contribution < 1.29 is 8.42 Å². The molecule has 0 aliphatic rings. The van der Waals surface area contributed by atoms with Gasteiger partial charge in [0.1, 0.15) is 0 Å². The van der Waals surface area contributed by atoms with E-state index in [2.05, 4.69) is 5.32 Å². The van der Waals surface area contributed by atoms with Crippen LogP contribution in [0.5, 0.6) is 0 Å². The molecule has 0 radical (unpaired) electrons. The van der Waals surface area contributed by atoms with Crippen LogP contribution in [-0.2, 0) is 9.84 Å². The van der Waals surface area contributed by atoms with Gasteiger partial charge in [-0.2, -0.15) is 0 Å². The molecule has 0 aliphatic carbocycles. The Kier molecular flexibility index (Phi) is 3.35. The number of hydrogen-bond donors (Lipinski definition) is 3. The van der Waals surface area contributed by atoms with E-state index >= 15 is 0 Å². The van der Waals surface area contributed by atoms with Crippen molar-refractivity contribution in [3.8, 4) is 0 Å². The number of nitrogen functional groups attached to an aromatic ring is 2. The smallest absolute Gasteiger partial charge is 0.175 e. The summed E-state index contributed by atoms with van der Waals surface area (Å²) in [7, 11) is -3.17. The van der Waals surface area contributed by atoms with Crippen LogP contribution in [0.25, 0.3) is 0 Å². The average Bonchev–Trinajstić information content (AvgIpc) is 2.33. The van der Waals surface area contributed by atoms with E-state index in [1.54, 1.807) is 42.5 Å². The Balaban J connectivity index is 2.22. The quantitative estimate of drug-likeness (QED) is 0.745. The van der Waals surface area contributed by atoms with Gasteiger partial charge in [0, 0.05) is 17.6 Å². The Morgan fingerprint density at radius 2 is 1.47 bits per heavy atom. The number of nitrogens with two attached hydrogens (primary N) is 2. The molecule has 100 valence electrons. The van der Waals surface area contributed by atoms with E-state index in [0.717, 1.165) is 11.4 Å². The highest BCUT2D eigenvalue weighted by Crippen LogP contribution is 2.23. The van der Waals surface area contributed by atoms with E-state index in [9.17, 15) is 8.42 Å². The minimum Gasteiger partial charge on any atom is -0.397 e. The van der Waals surface area contributed by atoms with Crippen LogP contribution in [0.3, 0.4) is 0 Å². The number of sulfone groups is 1. The SMILES string of the molecule is CS(=O)(=O)c1ccc(Nc2ccc(N)c(N)c2)cc1. The summed E-state index contributed by atoms with van der Waals surface area (Å²) in [5.41, 5.74) is 13.9. The molecule has 2 aromatic rings. The molecule has 0 bridgehead atoms.